The van der Waals surface area contributed by atoms with E-state index in [1.807, 2.05) is 36.4 Å². The number of carbonyl (C=O) groups is 2. The number of urea groups is 1. The standard InChI is InChI=1S/C19H18N4O3/c20-18(25)23-19(7-8-19)17(24)22-16(13-5-3-9-21-11-13)15-10-12-4-1-2-6-14(12)26-15/h1-6,9-11,16H,7-8H2,(H,22,24)(H3,20,23,25). The molecule has 0 spiro atoms. The van der Waals surface area contributed by atoms with Gasteiger partial charge in [0.05, 0.1) is 0 Å². The van der Waals surface area contributed by atoms with E-state index in [9.17, 15) is 9.59 Å². The van der Waals surface area contributed by atoms with Crippen LogP contribution < -0.4 is 16.4 Å². The maximum atomic E-state index is 12.8. The molecule has 4 N–H and O–H groups in total. The van der Waals surface area contributed by atoms with E-state index in [1.165, 1.54) is 0 Å². The van der Waals surface area contributed by atoms with Gasteiger partial charge in [-0.1, -0.05) is 24.3 Å². The number of carbonyl (C=O) groups excluding carboxylic acids is 2. The number of fused-ring (bicyclic) bond motifs is 1. The zero-order chi connectivity index (χ0) is 18.1. The van der Waals surface area contributed by atoms with Gasteiger partial charge in [-0.3, -0.25) is 9.78 Å². The molecule has 0 radical (unpaired) electrons. The fourth-order valence-corrected chi connectivity index (χ4v) is 3.05. The number of pyridine rings is 1. The number of rotatable bonds is 5. The van der Waals surface area contributed by atoms with Crippen molar-refractivity contribution >= 4 is 22.9 Å². The van der Waals surface area contributed by atoms with Crippen molar-refractivity contribution < 1.29 is 14.0 Å². The van der Waals surface area contributed by atoms with Crippen LogP contribution >= 0.6 is 0 Å². The van der Waals surface area contributed by atoms with Crippen LogP contribution in [-0.4, -0.2) is 22.5 Å². The Bertz CT molecular complexity index is 930. The van der Waals surface area contributed by atoms with Gasteiger partial charge in [-0.15, -0.1) is 0 Å². The third kappa shape index (κ3) is 2.99. The predicted octanol–water partition coefficient (Wildman–Crippen LogP) is 2.23. The van der Waals surface area contributed by atoms with Crippen molar-refractivity contribution in [3.8, 4) is 0 Å². The molecule has 2 heterocycles. The Kier molecular flexibility index (Phi) is 3.84. The third-order valence-corrected chi connectivity index (χ3v) is 4.57. The van der Waals surface area contributed by atoms with Gasteiger partial charge in [0.15, 0.2) is 0 Å². The van der Waals surface area contributed by atoms with E-state index in [4.69, 9.17) is 10.2 Å². The first-order valence-electron chi connectivity index (χ1n) is 8.34. The van der Waals surface area contributed by atoms with Crippen LogP contribution in [0.5, 0.6) is 0 Å². The van der Waals surface area contributed by atoms with Crippen LogP contribution in [0.1, 0.15) is 30.2 Å². The molecule has 0 saturated heterocycles. The Morgan fingerprint density at radius 2 is 2.00 bits per heavy atom. The number of furan rings is 1. The number of primary amides is 1. The predicted molar refractivity (Wildman–Crippen MR) is 95.1 cm³/mol. The first-order chi connectivity index (χ1) is 12.6. The van der Waals surface area contributed by atoms with E-state index in [0.717, 1.165) is 16.5 Å². The summed E-state index contributed by atoms with van der Waals surface area (Å²) in [5.41, 5.74) is 5.79. The SMILES string of the molecule is NC(=O)NC1(C(=O)NC(c2cccnc2)c2cc3ccccc3o2)CC1. The number of nitrogens with zero attached hydrogens (tertiary/aromatic N) is 1. The summed E-state index contributed by atoms with van der Waals surface area (Å²) >= 11 is 0. The highest BCUT2D eigenvalue weighted by Gasteiger charge is 2.51. The monoisotopic (exact) mass is 350 g/mol. The van der Waals surface area contributed by atoms with Gasteiger partial charge in [0.25, 0.3) is 0 Å². The lowest BCUT2D eigenvalue weighted by Gasteiger charge is -2.21. The van der Waals surface area contributed by atoms with Crippen LogP contribution in [0.4, 0.5) is 4.79 Å². The van der Waals surface area contributed by atoms with Gasteiger partial charge in [0.1, 0.15) is 22.9 Å². The number of aromatic nitrogens is 1. The molecule has 1 aliphatic rings. The van der Waals surface area contributed by atoms with Crippen LogP contribution in [-0.2, 0) is 4.79 Å². The van der Waals surface area contributed by atoms with Crippen LogP contribution in [0.2, 0.25) is 0 Å². The second-order valence-corrected chi connectivity index (χ2v) is 6.45. The van der Waals surface area contributed by atoms with E-state index >= 15 is 0 Å². The molecule has 0 aliphatic heterocycles. The highest BCUT2D eigenvalue weighted by atomic mass is 16.3. The van der Waals surface area contributed by atoms with E-state index in [1.54, 1.807) is 18.5 Å². The molecule has 132 valence electrons. The molecule has 4 rings (SSSR count). The van der Waals surface area contributed by atoms with Crippen molar-refractivity contribution in [3.05, 3.63) is 66.2 Å². The quantitative estimate of drug-likeness (QED) is 0.655. The van der Waals surface area contributed by atoms with Gasteiger partial charge < -0.3 is 20.8 Å². The number of benzene rings is 1. The van der Waals surface area contributed by atoms with Crippen LogP contribution in [0, 0.1) is 0 Å². The van der Waals surface area contributed by atoms with Crippen molar-refractivity contribution in [1.29, 1.82) is 0 Å². The molecule has 2 aromatic heterocycles. The second kappa shape index (κ2) is 6.18. The molecule has 0 bridgehead atoms. The normalized spacial score (nSPS) is 16.0. The average molecular weight is 350 g/mol. The minimum absolute atomic E-state index is 0.286. The van der Waals surface area contributed by atoms with E-state index < -0.39 is 17.6 Å². The van der Waals surface area contributed by atoms with Gasteiger partial charge >= 0.3 is 6.03 Å². The lowest BCUT2D eigenvalue weighted by Crippen LogP contribution is -2.51. The van der Waals surface area contributed by atoms with E-state index in [-0.39, 0.29) is 5.91 Å². The molecule has 7 nitrogen and oxygen atoms in total. The summed E-state index contributed by atoms with van der Waals surface area (Å²) < 4.78 is 5.95. The molecule has 1 saturated carbocycles. The zero-order valence-corrected chi connectivity index (χ0v) is 13.9. The molecule has 1 fully saturated rings. The number of nitrogens with two attached hydrogens (primary N) is 1. The minimum Gasteiger partial charge on any atom is -0.459 e. The lowest BCUT2D eigenvalue weighted by molar-refractivity contribution is -0.124. The molecule has 26 heavy (non-hydrogen) atoms. The van der Waals surface area contributed by atoms with Crippen molar-refractivity contribution in [2.75, 3.05) is 0 Å². The van der Waals surface area contributed by atoms with Crippen molar-refractivity contribution in [3.63, 3.8) is 0 Å². The Morgan fingerprint density at radius 1 is 1.19 bits per heavy atom. The summed E-state index contributed by atoms with van der Waals surface area (Å²) in [6.45, 7) is 0. The summed E-state index contributed by atoms with van der Waals surface area (Å²) in [4.78, 5) is 28.1. The summed E-state index contributed by atoms with van der Waals surface area (Å²) in [6, 6.07) is 12.0. The number of nitrogens with one attached hydrogen (secondary N) is 2. The van der Waals surface area contributed by atoms with Crippen molar-refractivity contribution in [2.24, 2.45) is 5.73 Å². The molecule has 3 aromatic rings. The number of hydrogen-bond donors (Lipinski definition) is 3. The third-order valence-electron chi connectivity index (χ3n) is 4.57. The lowest BCUT2D eigenvalue weighted by atomic mass is 10.1. The molecular weight excluding hydrogens is 332 g/mol. The summed E-state index contributed by atoms with van der Waals surface area (Å²) in [5.74, 6) is 0.313. The summed E-state index contributed by atoms with van der Waals surface area (Å²) in [6.07, 6.45) is 4.46. The molecular formula is C19H18N4O3. The van der Waals surface area contributed by atoms with Crippen molar-refractivity contribution in [1.82, 2.24) is 15.6 Å². The van der Waals surface area contributed by atoms with E-state index in [0.29, 0.717) is 18.6 Å². The summed E-state index contributed by atoms with van der Waals surface area (Å²) in [7, 11) is 0. The Hall–Kier alpha value is -3.35. The molecule has 3 amide bonds. The van der Waals surface area contributed by atoms with E-state index in [2.05, 4.69) is 15.6 Å². The first-order valence-corrected chi connectivity index (χ1v) is 8.34. The van der Waals surface area contributed by atoms with Crippen molar-refractivity contribution in [2.45, 2.75) is 24.4 Å². The van der Waals surface area contributed by atoms with Gasteiger partial charge in [0, 0.05) is 23.3 Å². The first kappa shape index (κ1) is 16.1. The second-order valence-electron chi connectivity index (χ2n) is 6.45. The molecule has 7 heteroatoms. The van der Waals surface area contributed by atoms with Crippen LogP contribution in [0.3, 0.4) is 0 Å². The van der Waals surface area contributed by atoms with Gasteiger partial charge in [-0.2, -0.15) is 0 Å². The van der Waals surface area contributed by atoms with Crippen LogP contribution in [0.15, 0.2) is 59.3 Å². The summed E-state index contributed by atoms with van der Waals surface area (Å²) in [5, 5.41) is 6.47. The Labute approximate surface area is 149 Å². The van der Waals surface area contributed by atoms with Gasteiger partial charge in [-0.25, -0.2) is 4.79 Å². The number of hydrogen-bond acceptors (Lipinski definition) is 4. The molecule has 1 unspecified atom stereocenters. The average Bonchev–Trinajstić information content (AvgIpc) is 3.28. The van der Waals surface area contributed by atoms with Gasteiger partial charge in [-0.05, 0) is 31.0 Å². The largest absolute Gasteiger partial charge is 0.459 e. The topological polar surface area (TPSA) is 110 Å². The number of para-hydroxylation sites is 1. The smallest absolute Gasteiger partial charge is 0.313 e. The number of amides is 3. The molecule has 1 atom stereocenters. The molecule has 1 aliphatic carbocycles. The zero-order valence-electron chi connectivity index (χ0n) is 13.9. The Morgan fingerprint density at radius 3 is 2.65 bits per heavy atom. The Balaban J connectivity index is 1.68. The fourth-order valence-electron chi connectivity index (χ4n) is 3.05. The maximum absolute atomic E-state index is 12.8. The van der Waals surface area contributed by atoms with Gasteiger partial charge in [0.2, 0.25) is 5.91 Å². The highest BCUT2D eigenvalue weighted by molar-refractivity contribution is 5.94. The maximum Gasteiger partial charge on any atom is 0.313 e. The molecule has 1 aromatic carbocycles. The highest BCUT2D eigenvalue weighted by Crippen LogP contribution is 2.37. The van der Waals surface area contributed by atoms with Crippen LogP contribution in [0.25, 0.3) is 11.0 Å². The minimum atomic E-state index is -0.932. The fraction of sp³-hybridized carbons (Fsp3) is 0.211.